The van der Waals surface area contributed by atoms with Crippen LogP contribution in [0, 0.1) is 0 Å². The number of nitrogens with one attached hydrogen (secondary N) is 2. The van der Waals surface area contributed by atoms with Crippen molar-refractivity contribution in [3.8, 4) is 11.3 Å². The zero-order chi connectivity index (χ0) is 20.7. The molecule has 0 aliphatic carbocycles. The van der Waals surface area contributed by atoms with Crippen LogP contribution in [-0.2, 0) is 4.74 Å². The maximum absolute atomic E-state index is 13.0. The maximum Gasteiger partial charge on any atom is 0.254 e. The molecule has 1 amide bonds. The van der Waals surface area contributed by atoms with Gasteiger partial charge < -0.3 is 15.0 Å². The number of rotatable bonds is 2. The monoisotopic (exact) mass is 441 g/mol. The first kappa shape index (κ1) is 19.1. The topological polar surface area (TPSA) is 82.6 Å². The number of halogens is 2. The van der Waals surface area contributed by atoms with Gasteiger partial charge in [0.25, 0.3) is 5.91 Å². The lowest BCUT2D eigenvalue weighted by Gasteiger charge is -2.27. The molecule has 9 heteroatoms. The molecule has 0 radical (unpaired) electrons. The van der Waals surface area contributed by atoms with E-state index < -0.39 is 0 Å². The van der Waals surface area contributed by atoms with Gasteiger partial charge in [-0.25, -0.2) is 4.99 Å². The summed E-state index contributed by atoms with van der Waals surface area (Å²) in [5, 5.41) is 11.4. The minimum absolute atomic E-state index is 0.0457. The highest BCUT2D eigenvalue weighted by Gasteiger charge is 2.24. The number of carbonyl (C=O) groups excluding carboxylic acids is 1. The highest BCUT2D eigenvalue weighted by molar-refractivity contribution is 6.41. The van der Waals surface area contributed by atoms with E-state index in [1.807, 2.05) is 12.1 Å². The second kappa shape index (κ2) is 7.75. The highest BCUT2D eigenvalue weighted by atomic mass is 35.5. The number of aromatic amines is 1. The van der Waals surface area contributed by atoms with E-state index in [1.54, 1.807) is 35.4 Å². The lowest BCUT2D eigenvalue weighted by atomic mass is 10.0. The molecule has 2 aromatic carbocycles. The Balaban J connectivity index is 1.63. The van der Waals surface area contributed by atoms with Crippen LogP contribution in [0.2, 0.25) is 10.0 Å². The molecule has 0 bridgehead atoms. The van der Waals surface area contributed by atoms with Gasteiger partial charge in [-0.1, -0.05) is 29.3 Å². The molecule has 0 saturated carbocycles. The molecule has 1 aromatic heterocycles. The van der Waals surface area contributed by atoms with E-state index in [-0.39, 0.29) is 5.91 Å². The van der Waals surface area contributed by atoms with E-state index in [9.17, 15) is 4.79 Å². The SMILES string of the molecule is O=C(c1ccc2c(c1)N=C(c1c(Cl)cccc1Cl)Nc1cn[nH]c1-2)N1CCOCC1. The van der Waals surface area contributed by atoms with E-state index >= 15 is 0 Å². The summed E-state index contributed by atoms with van der Waals surface area (Å²) in [5.74, 6) is 0.443. The van der Waals surface area contributed by atoms with E-state index in [2.05, 4.69) is 15.5 Å². The highest BCUT2D eigenvalue weighted by Crippen LogP contribution is 2.39. The molecule has 2 aliphatic rings. The average Bonchev–Trinajstić information content (AvgIpc) is 3.15. The Morgan fingerprint density at radius 1 is 1.10 bits per heavy atom. The van der Waals surface area contributed by atoms with E-state index in [0.717, 1.165) is 16.9 Å². The normalized spacial score (nSPS) is 15.5. The number of nitrogens with zero attached hydrogens (tertiary/aromatic N) is 3. The molecule has 2 aliphatic heterocycles. The summed E-state index contributed by atoms with van der Waals surface area (Å²) >= 11 is 12.9. The molecule has 7 nitrogen and oxygen atoms in total. The van der Waals surface area contributed by atoms with Gasteiger partial charge in [0.1, 0.15) is 5.84 Å². The van der Waals surface area contributed by atoms with Crippen LogP contribution in [0.5, 0.6) is 0 Å². The van der Waals surface area contributed by atoms with Crippen LogP contribution in [-0.4, -0.2) is 53.1 Å². The number of amides is 1. The molecular weight excluding hydrogens is 425 g/mol. The van der Waals surface area contributed by atoms with E-state index in [4.69, 9.17) is 32.9 Å². The Kier molecular flexibility index (Phi) is 4.94. The summed E-state index contributed by atoms with van der Waals surface area (Å²) in [6.07, 6.45) is 1.68. The van der Waals surface area contributed by atoms with Gasteiger partial charge in [-0.15, -0.1) is 0 Å². The van der Waals surface area contributed by atoms with Crippen LogP contribution < -0.4 is 5.32 Å². The molecule has 0 atom stereocenters. The first-order valence-electron chi connectivity index (χ1n) is 9.47. The number of aliphatic imine (C=N–C) groups is 1. The number of amidine groups is 1. The molecule has 1 fully saturated rings. The molecule has 152 valence electrons. The second-order valence-electron chi connectivity index (χ2n) is 6.98. The van der Waals surface area contributed by atoms with Gasteiger partial charge in [-0.2, -0.15) is 5.10 Å². The first-order valence-corrected chi connectivity index (χ1v) is 10.2. The Morgan fingerprint density at radius 3 is 2.63 bits per heavy atom. The number of ether oxygens (including phenoxy) is 1. The van der Waals surface area contributed by atoms with Crippen molar-refractivity contribution in [3.05, 3.63) is 63.8 Å². The minimum atomic E-state index is -0.0457. The van der Waals surface area contributed by atoms with Gasteiger partial charge in [0.15, 0.2) is 0 Å². The summed E-state index contributed by atoms with van der Waals surface area (Å²) in [6, 6.07) is 10.8. The van der Waals surface area contributed by atoms with Crippen LogP contribution in [0.4, 0.5) is 11.4 Å². The zero-order valence-corrected chi connectivity index (χ0v) is 17.3. The van der Waals surface area contributed by atoms with Gasteiger partial charge in [-0.3, -0.25) is 9.89 Å². The van der Waals surface area contributed by atoms with Crippen LogP contribution in [0.1, 0.15) is 15.9 Å². The summed E-state index contributed by atoms with van der Waals surface area (Å²) < 4.78 is 5.35. The van der Waals surface area contributed by atoms with Crippen LogP contribution in [0.3, 0.4) is 0 Å². The molecule has 0 spiro atoms. The predicted molar refractivity (Wildman–Crippen MR) is 117 cm³/mol. The van der Waals surface area contributed by atoms with E-state index in [0.29, 0.717) is 59.0 Å². The summed E-state index contributed by atoms with van der Waals surface area (Å²) in [5.41, 5.74) is 4.12. The minimum Gasteiger partial charge on any atom is -0.378 e. The van der Waals surface area contributed by atoms with Crippen molar-refractivity contribution >= 4 is 46.3 Å². The first-order chi connectivity index (χ1) is 14.6. The van der Waals surface area contributed by atoms with Gasteiger partial charge in [-0.05, 0) is 30.3 Å². The standard InChI is InChI=1S/C21H17Cl2N5O2/c22-14-2-1-3-15(23)18(14)20-25-16-10-12(21(29)28-6-8-30-9-7-28)4-5-13(16)19-17(26-20)11-24-27-19/h1-5,10-11H,6-9H2,(H,24,27)(H,25,26). The predicted octanol–water partition coefficient (Wildman–Crippen LogP) is 4.36. The third-order valence-corrected chi connectivity index (χ3v) is 5.77. The van der Waals surface area contributed by atoms with Gasteiger partial charge >= 0.3 is 0 Å². The number of benzene rings is 2. The lowest BCUT2D eigenvalue weighted by Crippen LogP contribution is -2.40. The lowest BCUT2D eigenvalue weighted by molar-refractivity contribution is 0.0303. The van der Waals surface area contributed by atoms with E-state index in [1.165, 1.54) is 0 Å². The van der Waals surface area contributed by atoms with Gasteiger partial charge in [0, 0.05) is 24.2 Å². The largest absolute Gasteiger partial charge is 0.378 e. The smallest absolute Gasteiger partial charge is 0.254 e. The van der Waals surface area contributed by atoms with Crippen molar-refractivity contribution in [1.29, 1.82) is 0 Å². The molecular formula is C21H17Cl2N5O2. The number of fused-ring (bicyclic) bond motifs is 3. The van der Waals surface area contributed by atoms with Crippen molar-refractivity contribution in [3.63, 3.8) is 0 Å². The molecule has 3 heterocycles. The second-order valence-corrected chi connectivity index (χ2v) is 7.79. The van der Waals surface area contributed by atoms with Crippen molar-refractivity contribution in [1.82, 2.24) is 15.1 Å². The number of H-pyrrole nitrogens is 1. The summed E-state index contributed by atoms with van der Waals surface area (Å²) in [4.78, 5) is 19.6. The Hall–Kier alpha value is -2.87. The molecule has 3 aromatic rings. The number of aromatic nitrogens is 2. The van der Waals surface area contributed by atoms with Gasteiger partial charge in [0.05, 0.1) is 52.1 Å². The number of anilines is 1. The fraction of sp³-hybridized carbons (Fsp3) is 0.190. The molecule has 0 unspecified atom stereocenters. The fourth-order valence-electron chi connectivity index (χ4n) is 3.62. The number of morpholine rings is 1. The number of carbonyl (C=O) groups is 1. The number of hydrogen-bond acceptors (Lipinski definition) is 5. The van der Waals surface area contributed by atoms with Crippen molar-refractivity contribution in [2.24, 2.45) is 4.99 Å². The van der Waals surface area contributed by atoms with Crippen LogP contribution in [0.15, 0.2) is 47.6 Å². The number of hydrogen-bond donors (Lipinski definition) is 2. The quantitative estimate of drug-likeness (QED) is 0.618. The molecule has 5 rings (SSSR count). The van der Waals surface area contributed by atoms with Crippen LogP contribution >= 0.6 is 23.2 Å². The Labute approximate surface area is 182 Å². The third-order valence-electron chi connectivity index (χ3n) is 5.14. The van der Waals surface area contributed by atoms with Crippen molar-refractivity contribution < 1.29 is 9.53 Å². The zero-order valence-electron chi connectivity index (χ0n) is 15.8. The third kappa shape index (κ3) is 3.35. The average molecular weight is 442 g/mol. The fourth-order valence-corrected chi connectivity index (χ4v) is 4.20. The Morgan fingerprint density at radius 2 is 1.87 bits per heavy atom. The summed E-state index contributed by atoms with van der Waals surface area (Å²) in [6.45, 7) is 2.24. The molecule has 30 heavy (non-hydrogen) atoms. The van der Waals surface area contributed by atoms with Crippen molar-refractivity contribution in [2.45, 2.75) is 0 Å². The van der Waals surface area contributed by atoms with Gasteiger partial charge in [0.2, 0.25) is 0 Å². The molecule has 2 N–H and O–H groups in total. The molecule has 1 saturated heterocycles. The maximum atomic E-state index is 13.0. The van der Waals surface area contributed by atoms with Crippen LogP contribution in [0.25, 0.3) is 11.3 Å². The summed E-state index contributed by atoms with van der Waals surface area (Å²) in [7, 11) is 0. The van der Waals surface area contributed by atoms with Crippen molar-refractivity contribution in [2.75, 3.05) is 31.6 Å². The Bertz CT molecular complexity index is 1150.